The Morgan fingerprint density at radius 1 is 0.542 bits per heavy atom. The highest BCUT2D eigenvalue weighted by atomic mass is 16.7. The van der Waals surface area contributed by atoms with Crippen LogP contribution in [0.25, 0.3) is 0 Å². The van der Waals surface area contributed by atoms with Crippen molar-refractivity contribution in [2.45, 2.75) is 17.8 Å². The fourth-order valence-electron chi connectivity index (χ4n) is 3.22. The van der Waals surface area contributed by atoms with Gasteiger partial charge in [-0.25, -0.2) is 0 Å². The highest BCUT2D eigenvalue weighted by Gasteiger charge is 2.51. The zero-order valence-corrected chi connectivity index (χ0v) is 13.2. The maximum atomic E-state index is 10.4. The van der Waals surface area contributed by atoms with Crippen LogP contribution in [0, 0.1) is 0 Å². The largest absolute Gasteiger partial charge is 0.343 e. The van der Waals surface area contributed by atoms with Crippen molar-refractivity contribution in [2.75, 3.05) is 0 Å². The second-order valence-corrected chi connectivity index (χ2v) is 5.94. The first-order chi connectivity index (χ1) is 11.5. The van der Waals surface area contributed by atoms with E-state index in [4.69, 9.17) is 0 Å². The molecule has 0 fully saturated rings. The molecule has 0 heterocycles. The number of hydrogen-bond acceptors (Lipinski definition) is 3. The average molecular weight is 320 g/mol. The molecule has 24 heavy (non-hydrogen) atoms. The Bertz CT molecular complexity index is 723. The van der Waals surface area contributed by atoms with Gasteiger partial charge in [-0.1, -0.05) is 91.0 Å². The van der Waals surface area contributed by atoms with Crippen molar-refractivity contribution in [1.82, 2.24) is 0 Å². The number of hydrogen-bond donors (Lipinski definition) is 3. The van der Waals surface area contributed by atoms with Crippen LogP contribution in [-0.4, -0.2) is 21.3 Å². The fraction of sp³-hybridized carbons (Fsp3) is 0.143. The van der Waals surface area contributed by atoms with Crippen LogP contribution >= 0.6 is 0 Å². The summed E-state index contributed by atoms with van der Waals surface area (Å²) >= 11 is 0. The van der Waals surface area contributed by atoms with Crippen molar-refractivity contribution >= 4 is 0 Å². The Morgan fingerprint density at radius 3 is 1.29 bits per heavy atom. The summed E-state index contributed by atoms with van der Waals surface area (Å²) in [4.78, 5) is 0. The zero-order chi connectivity index (χ0) is 17.0. The second-order valence-electron chi connectivity index (χ2n) is 5.94. The lowest BCUT2D eigenvalue weighted by Crippen LogP contribution is -2.54. The topological polar surface area (TPSA) is 60.7 Å². The van der Waals surface area contributed by atoms with Crippen LogP contribution < -0.4 is 0 Å². The van der Waals surface area contributed by atoms with Crippen LogP contribution in [-0.2, 0) is 11.8 Å². The Morgan fingerprint density at radius 2 is 0.917 bits per heavy atom. The minimum atomic E-state index is -2.93. The number of rotatable bonds is 5. The van der Waals surface area contributed by atoms with Gasteiger partial charge in [0.25, 0.3) is 5.97 Å². The molecule has 0 unspecified atom stereocenters. The van der Waals surface area contributed by atoms with Gasteiger partial charge >= 0.3 is 0 Å². The van der Waals surface area contributed by atoms with Crippen LogP contribution in [0.4, 0.5) is 0 Å². The summed E-state index contributed by atoms with van der Waals surface area (Å²) in [6, 6.07) is 27.7. The lowest BCUT2D eigenvalue weighted by molar-refractivity contribution is -0.344. The van der Waals surface area contributed by atoms with Crippen LogP contribution in [0.3, 0.4) is 0 Å². The maximum Gasteiger partial charge on any atom is 0.290 e. The van der Waals surface area contributed by atoms with Gasteiger partial charge in [-0.05, 0) is 23.1 Å². The van der Waals surface area contributed by atoms with E-state index < -0.39 is 11.4 Å². The molecule has 3 aromatic rings. The molecule has 0 spiro atoms. The molecule has 122 valence electrons. The molecular weight excluding hydrogens is 300 g/mol. The SMILES string of the molecule is OC(O)(O)C(Cc1ccccc1)(c1ccccc1)c1ccccc1. The summed E-state index contributed by atoms with van der Waals surface area (Å²) < 4.78 is 0. The summed E-state index contributed by atoms with van der Waals surface area (Å²) in [7, 11) is 0. The summed E-state index contributed by atoms with van der Waals surface area (Å²) in [6.45, 7) is 0. The third-order valence-electron chi connectivity index (χ3n) is 4.42. The molecule has 0 saturated carbocycles. The first-order valence-electron chi connectivity index (χ1n) is 7.86. The van der Waals surface area contributed by atoms with E-state index in [-0.39, 0.29) is 6.42 Å². The van der Waals surface area contributed by atoms with E-state index in [1.807, 2.05) is 66.7 Å². The van der Waals surface area contributed by atoms with Gasteiger partial charge in [0, 0.05) is 0 Å². The summed E-state index contributed by atoms with van der Waals surface area (Å²) in [5.41, 5.74) is 0.753. The van der Waals surface area contributed by atoms with Gasteiger partial charge in [0.2, 0.25) is 0 Å². The van der Waals surface area contributed by atoms with Crippen molar-refractivity contribution in [3.05, 3.63) is 108 Å². The van der Waals surface area contributed by atoms with E-state index >= 15 is 0 Å². The molecule has 0 aliphatic heterocycles. The monoisotopic (exact) mass is 320 g/mol. The number of aliphatic hydroxyl groups is 3. The summed E-state index contributed by atoms with van der Waals surface area (Å²) in [5.74, 6) is -2.93. The molecule has 0 radical (unpaired) electrons. The van der Waals surface area contributed by atoms with E-state index in [0.29, 0.717) is 11.1 Å². The van der Waals surface area contributed by atoms with E-state index in [1.54, 1.807) is 24.3 Å². The molecule has 3 nitrogen and oxygen atoms in total. The number of benzene rings is 3. The molecule has 0 aromatic heterocycles. The Kier molecular flexibility index (Phi) is 4.49. The zero-order valence-electron chi connectivity index (χ0n) is 13.2. The normalized spacial score (nSPS) is 12.1. The summed E-state index contributed by atoms with van der Waals surface area (Å²) in [5, 5.41) is 31.2. The summed E-state index contributed by atoms with van der Waals surface area (Å²) in [6.07, 6.45) is 0.241. The average Bonchev–Trinajstić information content (AvgIpc) is 2.61. The molecule has 3 heteroatoms. The van der Waals surface area contributed by atoms with Crippen LogP contribution in [0.1, 0.15) is 16.7 Å². The third kappa shape index (κ3) is 2.97. The predicted molar refractivity (Wildman–Crippen MR) is 93.2 cm³/mol. The van der Waals surface area contributed by atoms with Crippen molar-refractivity contribution in [1.29, 1.82) is 0 Å². The standard InChI is InChI=1S/C21H20O3/c22-21(23,24)20(18-12-6-2-7-13-18,19-14-8-3-9-15-19)16-17-10-4-1-5-11-17/h1-15,22-24H,16H2. The van der Waals surface area contributed by atoms with Gasteiger partial charge in [0.05, 0.1) is 0 Å². The predicted octanol–water partition coefficient (Wildman–Crippen LogP) is 2.85. The highest BCUT2D eigenvalue weighted by Crippen LogP contribution is 2.42. The van der Waals surface area contributed by atoms with Crippen molar-refractivity contribution in [3.63, 3.8) is 0 Å². The van der Waals surface area contributed by atoms with Gasteiger partial charge < -0.3 is 15.3 Å². The van der Waals surface area contributed by atoms with E-state index in [1.165, 1.54) is 0 Å². The second kappa shape index (κ2) is 6.57. The molecule has 3 rings (SSSR count). The third-order valence-corrected chi connectivity index (χ3v) is 4.42. The first-order valence-corrected chi connectivity index (χ1v) is 7.86. The van der Waals surface area contributed by atoms with Crippen LogP contribution in [0.15, 0.2) is 91.0 Å². The van der Waals surface area contributed by atoms with Gasteiger partial charge in [0.1, 0.15) is 5.41 Å². The van der Waals surface area contributed by atoms with E-state index in [0.717, 1.165) is 5.56 Å². The van der Waals surface area contributed by atoms with Crippen molar-refractivity contribution in [3.8, 4) is 0 Å². The van der Waals surface area contributed by atoms with Gasteiger partial charge in [-0.15, -0.1) is 0 Å². The molecule has 0 saturated heterocycles. The lowest BCUT2D eigenvalue weighted by Gasteiger charge is -2.41. The van der Waals surface area contributed by atoms with E-state index in [9.17, 15) is 15.3 Å². The molecule has 0 bridgehead atoms. The maximum absolute atomic E-state index is 10.4. The minimum absolute atomic E-state index is 0.241. The molecule has 0 atom stereocenters. The first kappa shape index (κ1) is 16.4. The van der Waals surface area contributed by atoms with Gasteiger partial charge in [-0.3, -0.25) is 0 Å². The minimum Gasteiger partial charge on any atom is -0.343 e. The fourth-order valence-corrected chi connectivity index (χ4v) is 3.22. The van der Waals surface area contributed by atoms with Gasteiger partial charge in [-0.2, -0.15) is 0 Å². The Hall–Kier alpha value is -2.46. The molecule has 3 N–H and O–H groups in total. The van der Waals surface area contributed by atoms with Gasteiger partial charge in [0.15, 0.2) is 0 Å². The smallest absolute Gasteiger partial charge is 0.290 e. The van der Waals surface area contributed by atoms with Crippen molar-refractivity contribution in [2.24, 2.45) is 0 Å². The van der Waals surface area contributed by atoms with Crippen molar-refractivity contribution < 1.29 is 15.3 Å². The highest BCUT2D eigenvalue weighted by molar-refractivity contribution is 5.43. The lowest BCUT2D eigenvalue weighted by atomic mass is 9.68. The quantitative estimate of drug-likeness (QED) is 0.634. The molecule has 3 aromatic carbocycles. The molecule has 0 aliphatic carbocycles. The molecule has 0 aliphatic rings. The Labute approximate surface area is 141 Å². The van der Waals surface area contributed by atoms with Crippen LogP contribution in [0.2, 0.25) is 0 Å². The molecular formula is C21H20O3. The molecule has 0 amide bonds. The van der Waals surface area contributed by atoms with E-state index in [2.05, 4.69) is 0 Å². The van der Waals surface area contributed by atoms with Crippen LogP contribution in [0.5, 0.6) is 0 Å². The Balaban J connectivity index is 2.25.